The zero-order chi connectivity index (χ0) is 22.4. The third-order valence-corrected chi connectivity index (χ3v) is 5.67. The summed E-state index contributed by atoms with van der Waals surface area (Å²) >= 11 is 0. The zero-order valence-electron chi connectivity index (χ0n) is 19.2. The Morgan fingerprint density at radius 2 is 1.68 bits per heavy atom. The van der Waals surface area contributed by atoms with Gasteiger partial charge in [-0.15, -0.1) is 0 Å². The number of carbonyl (C=O) groups is 1. The number of nitrogens with zero attached hydrogens (tertiary/aromatic N) is 2. The second-order valence-electron chi connectivity index (χ2n) is 8.76. The summed E-state index contributed by atoms with van der Waals surface area (Å²) in [6.45, 7) is 13.2. The van der Waals surface area contributed by atoms with Crippen molar-refractivity contribution in [2.45, 2.75) is 46.1 Å². The van der Waals surface area contributed by atoms with E-state index in [1.54, 1.807) is 6.07 Å². The minimum Gasteiger partial charge on any atom is -0.355 e. The maximum absolute atomic E-state index is 12.8. The lowest BCUT2D eigenvalue weighted by atomic mass is 9.86. The smallest absolute Gasteiger partial charge is 0.273 e. The summed E-state index contributed by atoms with van der Waals surface area (Å²) in [5, 5.41) is 7.02. The number of amides is 1. The van der Waals surface area contributed by atoms with Gasteiger partial charge >= 0.3 is 0 Å². The van der Waals surface area contributed by atoms with E-state index in [-0.39, 0.29) is 17.4 Å². The quantitative estimate of drug-likeness (QED) is 0.527. The lowest BCUT2D eigenvalue weighted by Crippen LogP contribution is -2.38. The molecule has 1 atom stereocenters. The molecule has 1 amide bonds. The summed E-state index contributed by atoms with van der Waals surface area (Å²) in [5.74, 6) is 0.359. The van der Waals surface area contributed by atoms with E-state index in [4.69, 9.17) is 4.52 Å². The number of nitrogens with one attached hydrogen (secondary N) is 1. The third kappa shape index (κ3) is 5.61. The van der Waals surface area contributed by atoms with Crippen LogP contribution in [0.2, 0.25) is 0 Å². The average Bonchev–Trinajstić information content (AvgIpc) is 3.27. The van der Waals surface area contributed by atoms with E-state index in [0.29, 0.717) is 18.0 Å². The molecule has 1 heterocycles. The molecule has 0 saturated carbocycles. The number of hydrogen-bond donors (Lipinski definition) is 1. The van der Waals surface area contributed by atoms with E-state index in [9.17, 15) is 4.79 Å². The molecule has 0 aliphatic rings. The Morgan fingerprint density at radius 3 is 2.26 bits per heavy atom. The molecule has 0 spiro atoms. The second-order valence-corrected chi connectivity index (χ2v) is 8.76. The van der Waals surface area contributed by atoms with Crippen molar-refractivity contribution in [3.8, 4) is 11.3 Å². The molecule has 1 aromatic heterocycles. The van der Waals surface area contributed by atoms with Crippen molar-refractivity contribution < 1.29 is 9.32 Å². The van der Waals surface area contributed by atoms with Crippen LogP contribution in [0.1, 0.15) is 62.3 Å². The normalized spacial score (nSPS) is 12.7. The van der Waals surface area contributed by atoms with Crippen molar-refractivity contribution >= 4 is 5.91 Å². The molecule has 0 radical (unpaired) electrons. The second kappa shape index (κ2) is 9.92. The van der Waals surface area contributed by atoms with Gasteiger partial charge in [0.15, 0.2) is 11.5 Å². The van der Waals surface area contributed by atoms with Gasteiger partial charge in [-0.2, -0.15) is 0 Å². The lowest BCUT2D eigenvalue weighted by molar-refractivity contribution is 0.0926. The van der Waals surface area contributed by atoms with Gasteiger partial charge in [-0.1, -0.05) is 94.4 Å². The largest absolute Gasteiger partial charge is 0.355 e. The fraction of sp³-hybridized carbons (Fsp3) is 0.385. The highest BCUT2D eigenvalue weighted by Crippen LogP contribution is 2.26. The third-order valence-electron chi connectivity index (χ3n) is 5.67. The predicted octanol–water partition coefficient (Wildman–Crippen LogP) is 5.45. The summed E-state index contributed by atoms with van der Waals surface area (Å²) < 4.78 is 5.38. The first-order valence-electron chi connectivity index (χ1n) is 11.0. The number of likely N-dealkylation sites (N-methyl/N-ethyl adjacent to an activating group) is 1. The van der Waals surface area contributed by atoms with Gasteiger partial charge in [-0.3, -0.25) is 9.69 Å². The van der Waals surface area contributed by atoms with Gasteiger partial charge < -0.3 is 9.84 Å². The van der Waals surface area contributed by atoms with Gasteiger partial charge in [-0.05, 0) is 29.6 Å². The van der Waals surface area contributed by atoms with Crippen molar-refractivity contribution in [1.82, 2.24) is 15.4 Å². The molecule has 0 saturated heterocycles. The highest BCUT2D eigenvalue weighted by molar-refractivity contribution is 5.93. The molecule has 0 aliphatic heterocycles. The first-order chi connectivity index (χ1) is 14.8. The van der Waals surface area contributed by atoms with Crippen LogP contribution in [-0.2, 0) is 5.41 Å². The molecule has 1 N–H and O–H groups in total. The molecule has 0 unspecified atom stereocenters. The van der Waals surface area contributed by atoms with E-state index in [1.807, 2.05) is 30.3 Å². The first kappa shape index (κ1) is 22.8. The Balaban J connectivity index is 1.73. The Labute approximate surface area is 185 Å². The van der Waals surface area contributed by atoms with Crippen LogP contribution in [0.4, 0.5) is 0 Å². The molecule has 0 fully saturated rings. The zero-order valence-corrected chi connectivity index (χ0v) is 19.2. The van der Waals surface area contributed by atoms with Crippen LogP contribution in [0.15, 0.2) is 65.2 Å². The van der Waals surface area contributed by atoms with E-state index in [2.05, 4.69) is 74.3 Å². The monoisotopic (exact) mass is 419 g/mol. The fourth-order valence-electron chi connectivity index (χ4n) is 3.73. The lowest BCUT2D eigenvalue weighted by Gasteiger charge is -2.31. The van der Waals surface area contributed by atoms with Gasteiger partial charge in [0.25, 0.3) is 5.91 Å². The SMILES string of the molecule is CCN(CC)[C@@H](CNC(=O)c1cc(-c2ccccc2)on1)c1ccc(C(C)(C)C)cc1. The molecular weight excluding hydrogens is 386 g/mol. The Hall–Kier alpha value is -2.92. The molecule has 164 valence electrons. The molecule has 2 aromatic carbocycles. The van der Waals surface area contributed by atoms with Gasteiger partial charge in [0, 0.05) is 18.2 Å². The fourth-order valence-corrected chi connectivity index (χ4v) is 3.73. The van der Waals surface area contributed by atoms with Crippen LogP contribution >= 0.6 is 0 Å². The molecule has 31 heavy (non-hydrogen) atoms. The van der Waals surface area contributed by atoms with Gasteiger partial charge in [0.1, 0.15) is 0 Å². The van der Waals surface area contributed by atoms with E-state index in [1.165, 1.54) is 11.1 Å². The van der Waals surface area contributed by atoms with Crippen LogP contribution in [0.3, 0.4) is 0 Å². The van der Waals surface area contributed by atoms with Crippen molar-refractivity contribution in [2.75, 3.05) is 19.6 Å². The maximum atomic E-state index is 12.8. The van der Waals surface area contributed by atoms with E-state index in [0.717, 1.165) is 18.7 Å². The van der Waals surface area contributed by atoms with Gasteiger partial charge in [-0.25, -0.2) is 0 Å². The number of hydrogen-bond acceptors (Lipinski definition) is 4. The topological polar surface area (TPSA) is 58.4 Å². The summed E-state index contributed by atoms with van der Waals surface area (Å²) in [5.41, 5.74) is 3.80. The molecule has 0 aliphatic carbocycles. The van der Waals surface area contributed by atoms with Crippen LogP contribution in [0.5, 0.6) is 0 Å². The standard InChI is InChI=1S/C26H33N3O2/c1-6-29(7-2)23(19-13-15-21(16-14-19)26(3,4)5)18-27-25(30)22-17-24(31-28-22)20-11-9-8-10-12-20/h8-17,23H,6-7,18H2,1-5H3,(H,27,30)/t23-/m0/s1. The van der Waals surface area contributed by atoms with Gasteiger partial charge in [0.05, 0.1) is 6.04 Å². The summed E-state index contributed by atoms with van der Waals surface area (Å²) in [4.78, 5) is 15.1. The van der Waals surface area contributed by atoms with Gasteiger partial charge in [0.2, 0.25) is 0 Å². The van der Waals surface area contributed by atoms with Crippen LogP contribution in [0, 0.1) is 0 Å². The van der Waals surface area contributed by atoms with E-state index < -0.39 is 0 Å². The van der Waals surface area contributed by atoms with Crippen molar-refractivity contribution in [2.24, 2.45) is 0 Å². The van der Waals surface area contributed by atoms with Crippen LogP contribution < -0.4 is 5.32 Å². The highest BCUT2D eigenvalue weighted by atomic mass is 16.5. The number of carbonyl (C=O) groups excluding carboxylic acids is 1. The minimum absolute atomic E-state index is 0.0912. The molecular formula is C26H33N3O2. The van der Waals surface area contributed by atoms with Crippen molar-refractivity contribution in [1.29, 1.82) is 0 Å². The van der Waals surface area contributed by atoms with Crippen LogP contribution in [-0.4, -0.2) is 35.6 Å². The number of benzene rings is 2. The Kier molecular flexibility index (Phi) is 7.29. The number of aromatic nitrogens is 1. The summed E-state index contributed by atoms with van der Waals surface area (Å²) in [7, 11) is 0. The molecule has 5 heteroatoms. The maximum Gasteiger partial charge on any atom is 0.273 e. The Morgan fingerprint density at radius 1 is 1.03 bits per heavy atom. The molecule has 3 aromatic rings. The van der Waals surface area contributed by atoms with Crippen LogP contribution in [0.25, 0.3) is 11.3 Å². The summed E-state index contributed by atoms with van der Waals surface area (Å²) in [6, 6.07) is 20.2. The number of rotatable bonds is 8. The van der Waals surface area contributed by atoms with Crippen molar-refractivity contribution in [3.05, 3.63) is 77.5 Å². The molecule has 5 nitrogen and oxygen atoms in total. The molecule has 3 rings (SSSR count). The predicted molar refractivity (Wildman–Crippen MR) is 125 cm³/mol. The summed E-state index contributed by atoms with van der Waals surface area (Å²) in [6.07, 6.45) is 0. The van der Waals surface area contributed by atoms with Crippen molar-refractivity contribution in [3.63, 3.8) is 0 Å². The first-order valence-corrected chi connectivity index (χ1v) is 11.0. The highest BCUT2D eigenvalue weighted by Gasteiger charge is 2.22. The average molecular weight is 420 g/mol. The van der Waals surface area contributed by atoms with E-state index >= 15 is 0 Å². The minimum atomic E-state index is -0.227. The Bertz CT molecular complexity index is 968. The molecule has 0 bridgehead atoms.